The largest absolute Gasteiger partial charge is 0.414 e. The second-order valence-electron chi connectivity index (χ2n) is 6.87. The van der Waals surface area contributed by atoms with Crippen LogP contribution in [0.1, 0.15) is 52.9 Å². The summed E-state index contributed by atoms with van der Waals surface area (Å²) in [4.78, 5) is 0. The van der Waals surface area contributed by atoms with E-state index in [9.17, 15) is 0 Å². The van der Waals surface area contributed by atoms with Gasteiger partial charge >= 0.3 is 0 Å². The summed E-state index contributed by atoms with van der Waals surface area (Å²) in [5, 5.41) is 0.297. The minimum atomic E-state index is -1.63. The molecule has 0 aromatic heterocycles. The van der Waals surface area contributed by atoms with Gasteiger partial charge in [0.25, 0.3) is 0 Å². The van der Waals surface area contributed by atoms with E-state index in [1.165, 1.54) is 25.7 Å². The summed E-state index contributed by atoms with van der Waals surface area (Å²) in [6.07, 6.45) is 11.9. The van der Waals surface area contributed by atoms with Crippen molar-refractivity contribution in [1.82, 2.24) is 0 Å². The van der Waals surface area contributed by atoms with Crippen LogP contribution in [0.25, 0.3) is 0 Å². The van der Waals surface area contributed by atoms with Crippen molar-refractivity contribution in [3.8, 4) is 12.3 Å². The van der Waals surface area contributed by atoms with Crippen LogP contribution in [0.2, 0.25) is 18.1 Å². The lowest BCUT2D eigenvalue weighted by Crippen LogP contribution is -2.46. The van der Waals surface area contributed by atoms with E-state index < -0.39 is 8.32 Å². The highest BCUT2D eigenvalue weighted by Crippen LogP contribution is 2.40. The zero-order valence-electron chi connectivity index (χ0n) is 12.2. The second kappa shape index (κ2) is 5.59. The standard InChI is InChI=1S/C15H28OSi/c1-7-10-13-11-8-9-12-14(13)16-17(5,6)15(2,3)4/h1,13-14H,8-12H2,2-6H3/t13-,14-/m1/s1. The SMILES string of the molecule is C#CC[C@@H]1CCCC[C@H]1O[Si](C)(C)C(C)(C)C. The molecule has 17 heavy (non-hydrogen) atoms. The molecule has 2 atom stereocenters. The normalized spacial score (nSPS) is 26.6. The van der Waals surface area contributed by atoms with Gasteiger partial charge in [0.15, 0.2) is 8.32 Å². The van der Waals surface area contributed by atoms with Crippen LogP contribution in [-0.2, 0) is 4.43 Å². The highest BCUT2D eigenvalue weighted by molar-refractivity contribution is 6.74. The lowest BCUT2D eigenvalue weighted by Gasteiger charge is -2.42. The minimum absolute atomic E-state index is 0.297. The van der Waals surface area contributed by atoms with E-state index in [0.717, 1.165) is 6.42 Å². The molecule has 1 saturated carbocycles. The fraction of sp³-hybridized carbons (Fsp3) is 0.867. The predicted molar refractivity (Wildman–Crippen MR) is 77.5 cm³/mol. The number of rotatable bonds is 3. The summed E-state index contributed by atoms with van der Waals surface area (Å²) in [5.41, 5.74) is 0. The van der Waals surface area contributed by atoms with Crippen LogP contribution in [0, 0.1) is 18.3 Å². The summed E-state index contributed by atoms with van der Waals surface area (Å²) >= 11 is 0. The Balaban J connectivity index is 2.68. The van der Waals surface area contributed by atoms with Crippen molar-refractivity contribution in [2.24, 2.45) is 5.92 Å². The van der Waals surface area contributed by atoms with Crippen LogP contribution in [-0.4, -0.2) is 14.4 Å². The van der Waals surface area contributed by atoms with E-state index in [4.69, 9.17) is 10.8 Å². The van der Waals surface area contributed by atoms with E-state index >= 15 is 0 Å². The lowest BCUT2D eigenvalue weighted by atomic mass is 9.85. The van der Waals surface area contributed by atoms with Crippen molar-refractivity contribution in [3.05, 3.63) is 0 Å². The molecule has 2 heteroatoms. The molecule has 98 valence electrons. The fourth-order valence-corrected chi connectivity index (χ4v) is 3.69. The van der Waals surface area contributed by atoms with E-state index in [2.05, 4.69) is 39.8 Å². The number of hydrogen-bond acceptors (Lipinski definition) is 1. The van der Waals surface area contributed by atoms with Gasteiger partial charge in [-0.05, 0) is 36.9 Å². The van der Waals surface area contributed by atoms with Gasteiger partial charge in [0.05, 0.1) is 0 Å². The summed E-state index contributed by atoms with van der Waals surface area (Å²) in [6, 6.07) is 0. The maximum atomic E-state index is 6.55. The molecule has 0 heterocycles. The molecular weight excluding hydrogens is 224 g/mol. The van der Waals surface area contributed by atoms with Crippen molar-refractivity contribution >= 4 is 8.32 Å². The first-order valence-electron chi connectivity index (χ1n) is 6.89. The molecule has 0 aromatic rings. The van der Waals surface area contributed by atoms with E-state index in [-0.39, 0.29) is 0 Å². The summed E-state index contributed by atoms with van der Waals surface area (Å²) < 4.78 is 6.55. The second-order valence-corrected chi connectivity index (χ2v) is 11.6. The molecule has 1 aliphatic carbocycles. The van der Waals surface area contributed by atoms with Crippen LogP contribution in [0.3, 0.4) is 0 Å². The summed E-state index contributed by atoms with van der Waals surface area (Å²) in [7, 11) is -1.63. The topological polar surface area (TPSA) is 9.23 Å². The summed E-state index contributed by atoms with van der Waals surface area (Å²) in [6.45, 7) is 11.6. The van der Waals surface area contributed by atoms with Crippen molar-refractivity contribution < 1.29 is 4.43 Å². The van der Waals surface area contributed by atoms with Crippen LogP contribution < -0.4 is 0 Å². The Kier molecular flexibility index (Phi) is 4.86. The third-order valence-electron chi connectivity index (χ3n) is 4.47. The van der Waals surface area contributed by atoms with Gasteiger partial charge in [-0.2, -0.15) is 0 Å². The van der Waals surface area contributed by atoms with Crippen molar-refractivity contribution in [2.45, 2.75) is 77.1 Å². The van der Waals surface area contributed by atoms with Gasteiger partial charge in [-0.3, -0.25) is 0 Å². The van der Waals surface area contributed by atoms with Crippen LogP contribution >= 0.6 is 0 Å². The first-order chi connectivity index (χ1) is 7.78. The molecule has 0 aliphatic heterocycles. The number of hydrogen-bond donors (Lipinski definition) is 0. The van der Waals surface area contributed by atoms with Gasteiger partial charge in [0.1, 0.15) is 0 Å². The Labute approximate surface area is 108 Å². The quantitative estimate of drug-likeness (QED) is 0.527. The highest BCUT2D eigenvalue weighted by Gasteiger charge is 2.40. The van der Waals surface area contributed by atoms with Crippen molar-refractivity contribution in [3.63, 3.8) is 0 Å². The number of terminal acetylenes is 1. The van der Waals surface area contributed by atoms with Gasteiger partial charge < -0.3 is 4.43 Å². The zero-order valence-corrected chi connectivity index (χ0v) is 13.2. The average Bonchev–Trinajstić information content (AvgIpc) is 2.19. The van der Waals surface area contributed by atoms with Gasteiger partial charge in [-0.25, -0.2) is 0 Å². The Hall–Kier alpha value is -0.263. The average molecular weight is 252 g/mol. The summed E-state index contributed by atoms with van der Waals surface area (Å²) in [5.74, 6) is 3.43. The molecular formula is C15H28OSi. The zero-order chi connectivity index (χ0) is 13.1. The molecule has 0 amide bonds. The van der Waals surface area contributed by atoms with Crippen LogP contribution in [0.15, 0.2) is 0 Å². The molecule has 0 N–H and O–H groups in total. The van der Waals surface area contributed by atoms with Gasteiger partial charge in [-0.15, -0.1) is 12.3 Å². The fourth-order valence-electron chi connectivity index (χ4n) is 2.27. The molecule has 0 spiro atoms. The molecule has 0 bridgehead atoms. The van der Waals surface area contributed by atoms with E-state index in [1.807, 2.05) is 0 Å². The Morgan fingerprint density at radius 3 is 2.35 bits per heavy atom. The van der Waals surface area contributed by atoms with Crippen molar-refractivity contribution in [2.75, 3.05) is 0 Å². The van der Waals surface area contributed by atoms with Crippen molar-refractivity contribution in [1.29, 1.82) is 0 Å². The molecule has 1 fully saturated rings. The van der Waals surface area contributed by atoms with E-state index in [0.29, 0.717) is 17.1 Å². The smallest absolute Gasteiger partial charge is 0.192 e. The Bertz CT molecular complexity index is 282. The molecule has 1 rings (SSSR count). The first-order valence-corrected chi connectivity index (χ1v) is 9.80. The van der Waals surface area contributed by atoms with Crippen LogP contribution in [0.5, 0.6) is 0 Å². The molecule has 0 unspecified atom stereocenters. The molecule has 1 aliphatic rings. The maximum absolute atomic E-state index is 6.55. The van der Waals surface area contributed by atoms with Crippen LogP contribution in [0.4, 0.5) is 0 Å². The molecule has 0 aromatic carbocycles. The maximum Gasteiger partial charge on any atom is 0.192 e. The highest BCUT2D eigenvalue weighted by atomic mass is 28.4. The third-order valence-corrected chi connectivity index (χ3v) is 8.98. The first kappa shape index (κ1) is 14.8. The Morgan fingerprint density at radius 1 is 1.24 bits per heavy atom. The van der Waals surface area contributed by atoms with Gasteiger partial charge in [-0.1, -0.05) is 33.6 Å². The molecule has 0 saturated heterocycles. The van der Waals surface area contributed by atoms with E-state index in [1.54, 1.807) is 0 Å². The Morgan fingerprint density at radius 2 is 1.82 bits per heavy atom. The monoisotopic (exact) mass is 252 g/mol. The lowest BCUT2D eigenvalue weighted by molar-refractivity contribution is 0.0816. The molecule has 1 nitrogen and oxygen atoms in total. The minimum Gasteiger partial charge on any atom is -0.414 e. The van der Waals surface area contributed by atoms with Gasteiger partial charge in [0, 0.05) is 12.5 Å². The van der Waals surface area contributed by atoms with Gasteiger partial charge in [0.2, 0.25) is 0 Å². The predicted octanol–water partition coefficient (Wildman–Crippen LogP) is 4.59. The molecule has 0 radical (unpaired) electrons. The third kappa shape index (κ3) is 3.86.